The minimum atomic E-state index is -0.324. The third-order valence-corrected chi connectivity index (χ3v) is 3.40. The van der Waals surface area contributed by atoms with Gasteiger partial charge >= 0.3 is 0 Å². The highest BCUT2D eigenvalue weighted by Gasteiger charge is 2.12. The van der Waals surface area contributed by atoms with Crippen molar-refractivity contribution in [1.82, 2.24) is 14.6 Å². The van der Waals surface area contributed by atoms with Crippen molar-refractivity contribution in [3.8, 4) is 11.3 Å². The predicted octanol–water partition coefficient (Wildman–Crippen LogP) is 2.87. The molecule has 4 nitrogen and oxygen atoms in total. The molecule has 1 N–H and O–H groups in total. The van der Waals surface area contributed by atoms with Gasteiger partial charge in [0.25, 0.3) is 5.56 Å². The number of benzene rings is 1. The second-order valence-corrected chi connectivity index (χ2v) is 4.85. The number of allylic oxidation sites excluding steroid dienone is 1. The summed E-state index contributed by atoms with van der Waals surface area (Å²) < 4.78 is 14.7. The van der Waals surface area contributed by atoms with Gasteiger partial charge in [-0.25, -0.2) is 13.9 Å². The standard InChI is InChI=1S/C16H14FN3O/c1-3-5-13-10(2)18-15-9-14(19-20(15)16(13)21)11-6-4-7-12(17)8-11/h3-4,6-9,19H,1,5H2,2H3. The maximum Gasteiger partial charge on any atom is 0.276 e. The molecule has 0 unspecified atom stereocenters. The highest BCUT2D eigenvalue weighted by atomic mass is 19.1. The van der Waals surface area contributed by atoms with Crippen LogP contribution in [0.5, 0.6) is 0 Å². The average molecular weight is 283 g/mol. The quantitative estimate of drug-likeness (QED) is 0.751. The molecule has 0 saturated heterocycles. The van der Waals surface area contributed by atoms with Gasteiger partial charge in [-0.3, -0.25) is 9.89 Å². The third-order valence-electron chi connectivity index (χ3n) is 3.40. The number of aromatic nitrogens is 3. The summed E-state index contributed by atoms with van der Waals surface area (Å²) in [5, 5.41) is 2.97. The summed E-state index contributed by atoms with van der Waals surface area (Å²) in [5.74, 6) is -0.324. The van der Waals surface area contributed by atoms with Crippen LogP contribution < -0.4 is 5.56 Å². The first-order valence-corrected chi connectivity index (χ1v) is 6.58. The molecular weight excluding hydrogens is 269 g/mol. The van der Waals surface area contributed by atoms with Crippen molar-refractivity contribution in [2.24, 2.45) is 0 Å². The molecule has 0 aliphatic heterocycles. The van der Waals surface area contributed by atoms with Gasteiger partial charge in [0.05, 0.1) is 5.69 Å². The van der Waals surface area contributed by atoms with Crippen molar-refractivity contribution < 1.29 is 4.39 Å². The first kappa shape index (κ1) is 13.3. The number of fused-ring (bicyclic) bond motifs is 1. The van der Waals surface area contributed by atoms with E-state index in [4.69, 9.17) is 0 Å². The molecule has 0 amide bonds. The molecule has 3 rings (SSSR count). The van der Waals surface area contributed by atoms with E-state index in [1.165, 1.54) is 16.6 Å². The van der Waals surface area contributed by atoms with Crippen LogP contribution in [0.25, 0.3) is 16.9 Å². The number of aryl methyl sites for hydroxylation is 1. The Hall–Kier alpha value is -2.69. The Bertz CT molecular complexity index is 892. The minimum absolute atomic E-state index is 0.153. The molecule has 0 spiro atoms. The topological polar surface area (TPSA) is 50.2 Å². The molecule has 0 aliphatic carbocycles. The lowest BCUT2D eigenvalue weighted by molar-refractivity contribution is 0.628. The zero-order valence-electron chi connectivity index (χ0n) is 11.6. The van der Waals surface area contributed by atoms with E-state index in [-0.39, 0.29) is 11.4 Å². The van der Waals surface area contributed by atoms with Crippen LogP contribution >= 0.6 is 0 Å². The zero-order valence-corrected chi connectivity index (χ0v) is 11.6. The van der Waals surface area contributed by atoms with E-state index in [0.29, 0.717) is 34.6 Å². The lowest BCUT2D eigenvalue weighted by Crippen LogP contribution is -2.21. The fraction of sp³-hybridized carbons (Fsp3) is 0.125. The monoisotopic (exact) mass is 283 g/mol. The predicted molar refractivity (Wildman–Crippen MR) is 79.8 cm³/mol. The van der Waals surface area contributed by atoms with E-state index in [9.17, 15) is 9.18 Å². The molecule has 3 aromatic rings. The maximum absolute atomic E-state index is 13.3. The summed E-state index contributed by atoms with van der Waals surface area (Å²) in [5.41, 5.74) is 2.97. The minimum Gasteiger partial charge on any atom is -0.289 e. The molecule has 0 atom stereocenters. The van der Waals surface area contributed by atoms with Gasteiger partial charge in [0, 0.05) is 22.9 Å². The number of hydrogen-bond acceptors (Lipinski definition) is 2. The number of H-pyrrole nitrogens is 1. The van der Waals surface area contributed by atoms with Gasteiger partial charge in [-0.05, 0) is 25.5 Å². The first-order chi connectivity index (χ1) is 10.1. The van der Waals surface area contributed by atoms with E-state index in [0.717, 1.165) is 0 Å². The smallest absolute Gasteiger partial charge is 0.276 e. The normalized spacial score (nSPS) is 11.0. The van der Waals surface area contributed by atoms with Crippen LogP contribution in [0.15, 0.2) is 47.8 Å². The average Bonchev–Trinajstić information content (AvgIpc) is 2.87. The van der Waals surface area contributed by atoms with Gasteiger partial charge in [-0.1, -0.05) is 18.2 Å². The summed E-state index contributed by atoms with van der Waals surface area (Å²) in [4.78, 5) is 16.8. The second-order valence-electron chi connectivity index (χ2n) is 4.85. The molecule has 5 heteroatoms. The number of halogens is 1. The Morgan fingerprint density at radius 3 is 2.95 bits per heavy atom. The molecule has 0 fully saturated rings. The van der Waals surface area contributed by atoms with E-state index in [1.54, 1.807) is 31.2 Å². The summed E-state index contributed by atoms with van der Waals surface area (Å²) in [6.45, 7) is 5.45. The van der Waals surface area contributed by atoms with E-state index >= 15 is 0 Å². The molecule has 0 bridgehead atoms. The first-order valence-electron chi connectivity index (χ1n) is 6.58. The molecule has 0 saturated carbocycles. The van der Waals surface area contributed by atoms with Gasteiger partial charge in [0.1, 0.15) is 5.82 Å². The van der Waals surface area contributed by atoms with Crippen molar-refractivity contribution in [2.75, 3.05) is 0 Å². The van der Waals surface area contributed by atoms with Crippen molar-refractivity contribution in [3.05, 3.63) is 70.4 Å². The van der Waals surface area contributed by atoms with Gasteiger partial charge in [0.2, 0.25) is 0 Å². The van der Waals surface area contributed by atoms with Gasteiger partial charge in [-0.15, -0.1) is 6.58 Å². The molecule has 2 heterocycles. The summed E-state index contributed by atoms with van der Waals surface area (Å²) in [7, 11) is 0. The van der Waals surface area contributed by atoms with Gasteiger partial charge in [-0.2, -0.15) is 0 Å². The van der Waals surface area contributed by atoms with Crippen LogP contribution in [-0.2, 0) is 6.42 Å². The summed E-state index contributed by atoms with van der Waals surface area (Å²) in [6.07, 6.45) is 2.14. The van der Waals surface area contributed by atoms with Gasteiger partial charge in [0.15, 0.2) is 5.65 Å². The van der Waals surface area contributed by atoms with Crippen molar-refractivity contribution in [2.45, 2.75) is 13.3 Å². The van der Waals surface area contributed by atoms with Crippen LogP contribution in [0.1, 0.15) is 11.3 Å². The van der Waals surface area contributed by atoms with Crippen molar-refractivity contribution >= 4 is 5.65 Å². The largest absolute Gasteiger partial charge is 0.289 e. The summed E-state index contributed by atoms with van der Waals surface area (Å²) >= 11 is 0. The molecule has 0 aliphatic rings. The van der Waals surface area contributed by atoms with E-state index in [2.05, 4.69) is 16.7 Å². The van der Waals surface area contributed by atoms with Crippen LogP contribution in [0.3, 0.4) is 0 Å². The fourth-order valence-corrected chi connectivity index (χ4v) is 2.35. The maximum atomic E-state index is 13.3. The van der Waals surface area contributed by atoms with Crippen LogP contribution in [-0.4, -0.2) is 14.6 Å². The van der Waals surface area contributed by atoms with Crippen molar-refractivity contribution in [3.63, 3.8) is 0 Å². The SMILES string of the molecule is C=CCc1c(C)nc2cc(-c3cccc(F)c3)[nH]n2c1=O. The fourth-order valence-electron chi connectivity index (χ4n) is 2.35. The van der Waals surface area contributed by atoms with Crippen molar-refractivity contribution in [1.29, 1.82) is 0 Å². The third kappa shape index (κ3) is 2.27. The van der Waals surface area contributed by atoms with E-state index < -0.39 is 0 Å². The van der Waals surface area contributed by atoms with E-state index in [1.807, 2.05) is 0 Å². The lowest BCUT2D eigenvalue weighted by Gasteiger charge is -2.02. The highest BCUT2D eigenvalue weighted by molar-refractivity contribution is 5.64. The van der Waals surface area contributed by atoms with Gasteiger partial charge < -0.3 is 0 Å². The zero-order chi connectivity index (χ0) is 15.0. The Kier molecular flexibility index (Phi) is 3.17. The Balaban J connectivity index is 2.23. The number of nitrogens with zero attached hydrogens (tertiary/aromatic N) is 2. The number of hydrogen-bond donors (Lipinski definition) is 1. The number of aromatic amines is 1. The summed E-state index contributed by atoms with van der Waals surface area (Å²) in [6, 6.07) is 7.92. The Morgan fingerprint density at radius 1 is 1.43 bits per heavy atom. The molecule has 1 aromatic carbocycles. The second kappa shape index (κ2) is 5.01. The molecule has 21 heavy (non-hydrogen) atoms. The highest BCUT2D eigenvalue weighted by Crippen LogP contribution is 2.19. The Labute approximate surface area is 120 Å². The molecule has 2 aromatic heterocycles. The van der Waals surface area contributed by atoms with Crippen LogP contribution in [0, 0.1) is 12.7 Å². The van der Waals surface area contributed by atoms with Crippen LogP contribution in [0.4, 0.5) is 4.39 Å². The number of rotatable bonds is 3. The molecule has 106 valence electrons. The Morgan fingerprint density at radius 2 is 2.24 bits per heavy atom. The molecule has 0 radical (unpaired) electrons. The number of nitrogens with one attached hydrogen (secondary N) is 1. The molecular formula is C16H14FN3O. The van der Waals surface area contributed by atoms with Crippen LogP contribution in [0.2, 0.25) is 0 Å². The lowest BCUT2D eigenvalue weighted by atomic mass is 10.1.